The Hall–Kier alpha value is -0.710. The largest absolute Gasteiger partial charge is 0.340 e. The Morgan fingerprint density at radius 2 is 2.00 bits per heavy atom. The predicted octanol–water partition coefficient (Wildman–Crippen LogP) is 1.26. The van der Waals surface area contributed by atoms with Crippen LogP contribution in [0.3, 0.4) is 0 Å². The van der Waals surface area contributed by atoms with Gasteiger partial charge in [0.05, 0.1) is 0 Å². The van der Waals surface area contributed by atoms with Crippen LogP contribution in [0.25, 0.3) is 0 Å². The zero-order valence-corrected chi connectivity index (χ0v) is 11.9. The molecule has 98 valence electrons. The smallest absolute Gasteiger partial charge is 0.248 e. The van der Waals surface area contributed by atoms with Crippen LogP contribution < -0.4 is 5.32 Å². The monoisotopic (exact) mass is 258 g/mol. The molecule has 0 spiro atoms. The van der Waals surface area contributed by atoms with Crippen LogP contribution in [0.5, 0.6) is 0 Å². The first kappa shape index (κ1) is 14.4. The molecule has 1 heterocycles. The van der Waals surface area contributed by atoms with Crippen LogP contribution in [0.1, 0.15) is 33.6 Å². The molecule has 1 N–H and O–H groups in total. The molecule has 4 nitrogen and oxygen atoms in total. The van der Waals surface area contributed by atoms with Crippen LogP contribution in [0, 0.1) is 0 Å². The van der Waals surface area contributed by atoms with E-state index >= 15 is 0 Å². The van der Waals surface area contributed by atoms with Gasteiger partial charge in [-0.15, -0.1) is 0 Å². The van der Waals surface area contributed by atoms with Crippen molar-refractivity contribution in [3.8, 4) is 0 Å². The second kappa shape index (κ2) is 5.76. The van der Waals surface area contributed by atoms with E-state index in [2.05, 4.69) is 11.6 Å². The highest BCUT2D eigenvalue weighted by atomic mass is 32.2. The number of hydrogen-bond acceptors (Lipinski definition) is 3. The van der Waals surface area contributed by atoms with Gasteiger partial charge in [0.15, 0.2) is 0 Å². The molecule has 0 aromatic carbocycles. The summed E-state index contributed by atoms with van der Waals surface area (Å²) in [5.41, 5.74) is -0.761. The Labute approximate surface area is 108 Å². The van der Waals surface area contributed by atoms with Crippen LogP contribution in [0.4, 0.5) is 0 Å². The summed E-state index contributed by atoms with van der Waals surface area (Å²) in [6.07, 6.45) is 4.12. The number of hydrogen-bond donors (Lipinski definition) is 1. The molecule has 0 aromatic rings. The molecule has 0 saturated carbocycles. The predicted molar refractivity (Wildman–Crippen MR) is 71.0 cm³/mol. The Morgan fingerprint density at radius 1 is 1.35 bits per heavy atom. The number of thioether (sulfide) groups is 1. The Kier molecular flexibility index (Phi) is 4.86. The quantitative estimate of drug-likeness (QED) is 0.755. The fraction of sp³-hybridized carbons (Fsp3) is 0.833. The zero-order chi connectivity index (χ0) is 13.1. The van der Waals surface area contributed by atoms with Gasteiger partial charge in [-0.05, 0) is 45.6 Å². The van der Waals surface area contributed by atoms with Crippen LogP contribution in [-0.4, -0.2) is 46.8 Å². The first-order valence-electron chi connectivity index (χ1n) is 6.02. The molecule has 5 heteroatoms. The van der Waals surface area contributed by atoms with E-state index < -0.39 is 5.54 Å². The van der Waals surface area contributed by atoms with Crippen molar-refractivity contribution in [2.75, 3.05) is 18.6 Å². The van der Waals surface area contributed by atoms with Crippen molar-refractivity contribution in [2.24, 2.45) is 0 Å². The van der Waals surface area contributed by atoms with E-state index in [-0.39, 0.29) is 17.9 Å². The number of nitrogens with zero attached hydrogens (tertiary/aromatic N) is 1. The molecule has 0 radical (unpaired) electrons. The molecule has 1 unspecified atom stereocenters. The zero-order valence-electron chi connectivity index (χ0n) is 11.1. The molecule has 1 aliphatic heterocycles. The average Bonchev–Trinajstić information content (AvgIpc) is 2.25. The first-order valence-corrected chi connectivity index (χ1v) is 7.41. The van der Waals surface area contributed by atoms with Crippen molar-refractivity contribution in [1.82, 2.24) is 10.2 Å². The third-order valence-electron chi connectivity index (χ3n) is 3.08. The fourth-order valence-electron chi connectivity index (χ4n) is 1.97. The summed E-state index contributed by atoms with van der Waals surface area (Å²) in [4.78, 5) is 25.6. The third-order valence-corrected chi connectivity index (χ3v) is 3.77. The number of piperazine rings is 1. The van der Waals surface area contributed by atoms with Gasteiger partial charge >= 0.3 is 0 Å². The normalized spacial score (nSPS) is 23.8. The number of carbonyl (C=O) groups is 2. The van der Waals surface area contributed by atoms with Gasteiger partial charge in [0, 0.05) is 6.54 Å². The van der Waals surface area contributed by atoms with Crippen LogP contribution in [-0.2, 0) is 9.59 Å². The lowest BCUT2D eigenvalue weighted by molar-refractivity contribution is -0.152. The van der Waals surface area contributed by atoms with Gasteiger partial charge in [-0.1, -0.05) is 0 Å². The van der Waals surface area contributed by atoms with Crippen molar-refractivity contribution in [3.05, 3.63) is 0 Å². The van der Waals surface area contributed by atoms with Crippen molar-refractivity contribution in [1.29, 1.82) is 0 Å². The third kappa shape index (κ3) is 3.37. The van der Waals surface area contributed by atoms with Gasteiger partial charge in [0.2, 0.25) is 11.8 Å². The molecule has 0 aromatic heterocycles. The van der Waals surface area contributed by atoms with Gasteiger partial charge in [0.1, 0.15) is 11.6 Å². The maximum atomic E-state index is 12.2. The molecular weight excluding hydrogens is 236 g/mol. The van der Waals surface area contributed by atoms with Crippen LogP contribution in [0.2, 0.25) is 0 Å². The number of amides is 2. The Balaban J connectivity index is 2.60. The van der Waals surface area contributed by atoms with Crippen molar-refractivity contribution in [3.63, 3.8) is 0 Å². The molecular formula is C12H22N2O2S. The first-order chi connectivity index (χ1) is 7.90. The maximum absolute atomic E-state index is 12.2. The van der Waals surface area contributed by atoms with E-state index in [4.69, 9.17) is 0 Å². The highest BCUT2D eigenvalue weighted by molar-refractivity contribution is 7.98. The molecule has 2 amide bonds. The second-order valence-corrected chi connectivity index (χ2v) is 5.97. The van der Waals surface area contributed by atoms with Crippen LogP contribution >= 0.6 is 11.8 Å². The Morgan fingerprint density at radius 3 is 2.59 bits per heavy atom. The van der Waals surface area contributed by atoms with E-state index in [1.54, 1.807) is 25.7 Å². The minimum atomic E-state index is -0.761. The van der Waals surface area contributed by atoms with Crippen molar-refractivity contribution in [2.45, 2.75) is 45.2 Å². The molecule has 0 bridgehead atoms. The molecule has 1 aliphatic rings. The summed E-state index contributed by atoms with van der Waals surface area (Å²) >= 11 is 1.81. The molecule has 1 rings (SSSR count). The average molecular weight is 258 g/mol. The number of carbonyl (C=O) groups excluding carboxylic acids is 2. The summed E-state index contributed by atoms with van der Waals surface area (Å²) in [7, 11) is 0. The molecule has 1 fully saturated rings. The maximum Gasteiger partial charge on any atom is 0.248 e. The van der Waals surface area contributed by atoms with E-state index in [1.807, 2.05) is 11.8 Å². The summed E-state index contributed by atoms with van der Waals surface area (Å²) in [5, 5.41) is 2.75. The van der Waals surface area contributed by atoms with Gasteiger partial charge in [0.25, 0.3) is 0 Å². The van der Waals surface area contributed by atoms with Crippen molar-refractivity contribution >= 4 is 23.6 Å². The molecule has 1 saturated heterocycles. The number of unbranched alkanes of at least 4 members (excludes halogenated alkanes) is 1. The fourth-order valence-corrected chi connectivity index (χ4v) is 2.46. The highest BCUT2D eigenvalue weighted by Gasteiger charge is 2.42. The van der Waals surface area contributed by atoms with E-state index in [9.17, 15) is 9.59 Å². The highest BCUT2D eigenvalue weighted by Crippen LogP contribution is 2.18. The SMILES string of the molecule is CSCCCCN1C(=O)C(C)(C)NC(=O)C1C. The van der Waals surface area contributed by atoms with Gasteiger partial charge in [-0.3, -0.25) is 9.59 Å². The van der Waals surface area contributed by atoms with Gasteiger partial charge in [-0.25, -0.2) is 0 Å². The molecule has 0 aliphatic carbocycles. The summed E-state index contributed by atoms with van der Waals surface area (Å²) in [5.74, 6) is 1.07. The van der Waals surface area contributed by atoms with Gasteiger partial charge < -0.3 is 10.2 Å². The lowest BCUT2D eigenvalue weighted by Gasteiger charge is -2.41. The van der Waals surface area contributed by atoms with E-state index in [0.717, 1.165) is 18.6 Å². The van der Waals surface area contributed by atoms with Crippen molar-refractivity contribution < 1.29 is 9.59 Å². The minimum Gasteiger partial charge on any atom is -0.340 e. The number of nitrogens with one attached hydrogen (secondary N) is 1. The number of rotatable bonds is 5. The van der Waals surface area contributed by atoms with Crippen LogP contribution in [0.15, 0.2) is 0 Å². The second-order valence-electron chi connectivity index (χ2n) is 4.99. The summed E-state index contributed by atoms with van der Waals surface area (Å²) in [6.45, 7) is 5.98. The minimum absolute atomic E-state index is 0.0220. The molecule has 17 heavy (non-hydrogen) atoms. The topological polar surface area (TPSA) is 49.4 Å². The summed E-state index contributed by atoms with van der Waals surface area (Å²) < 4.78 is 0. The van der Waals surface area contributed by atoms with E-state index in [0.29, 0.717) is 6.54 Å². The summed E-state index contributed by atoms with van der Waals surface area (Å²) in [6, 6.07) is -0.343. The van der Waals surface area contributed by atoms with E-state index in [1.165, 1.54) is 0 Å². The lowest BCUT2D eigenvalue weighted by Crippen LogP contribution is -2.67. The molecule has 1 atom stereocenters. The Bertz CT molecular complexity index is 305. The standard InChI is InChI=1S/C12H22N2O2S/c1-9-10(15)13-12(2,3)11(16)14(9)7-5-6-8-17-4/h9H,5-8H2,1-4H3,(H,13,15). The van der Waals surface area contributed by atoms with Gasteiger partial charge in [-0.2, -0.15) is 11.8 Å². The lowest BCUT2D eigenvalue weighted by atomic mass is 9.97.